The molecule has 0 atom stereocenters. The lowest BCUT2D eigenvalue weighted by Crippen LogP contribution is -2.37. The molecule has 1 amide bonds. The van der Waals surface area contributed by atoms with Gasteiger partial charge in [0.05, 0.1) is 17.2 Å². The largest absolute Gasteiger partial charge is 0.494 e. The van der Waals surface area contributed by atoms with Gasteiger partial charge in [-0.2, -0.15) is 0 Å². The van der Waals surface area contributed by atoms with E-state index in [0.717, 1.165) is 15.6 Å². The average molecular weight is 480 g/mol. The molecular formula is C28H33NO4S. The predicted octanol–water partition coefficient (Wildman–Crippen LogP) is 6.18. The summed E-state index contributed by atoms with van der Waals surface area (Å²) in [6.07, 6.45) is 0.436. The van der Waals surface area contributed by atoms with Gasteiger partial charge in [0, 0.05) is 6.42 Å². The first kappa shape index (κ1) is 25.5. The summed E-state index contributed by atoms with van der Waals surface area (Å²) in [6, 6.07) is 21.4. The summed E-state index contributed by atoms with van der Waals surface area (Å²) in [5, 5.41) is 0. The quantitative estimate of drug-likeness (QED) is 0.362. The Bertz CT molecular complexity index is 1230. The smallest absolute Gasteiger partial charge is 0.270 e. The van der Waals surface area contributed by atoms with Crippen LogP contribution in [0.15, 0.2) is 77.7 Å². The number of rotatable bonds is 8. The van der Waals surface area contributed by atoms with E-state index in [4.69, 9.17) is 4.74 Å². The molecule has 0 aliphatic heterocycles. The molecule has 0 fully saturated rings. The van der Waals surface area contributed by atoms with E-state index in [1.807, 2.05) is 43.3 Å². The molecule has 0 spiro atoms. The van der Waals surface area contributed by atoms with Gasteiger partial charge >= 0.3 is 0 Å². The second-order valence-corrected chi connectivity index (χ2v) is 11.3. The van der Waals surface area contributed by atoms with Crippen LogP contribution in [0.2, 0.25) is 0 Å². The van der Waals surface area contributed by atoms with Gasteiger partial charge in [-0.1, -0.05) is 63.2 Å². The summed E-state index contributed by atoms with van der Waals surface area (Å²) in [5.74, 6) is 0.243. The molecule has 0 unspecified atom stereocenters. The number of nitrogens with zero attached hydrogens (tertiary/aromatic N) is 1. The third kappa shape index (κ3) is 6.06. The number of carbonyl (C=O) groups excluding carboxylic acids is 1. The first-order chi connectivity index (χ1) is 16.0. The van der Waals surface area contributed by atoms with Crippen LogP contribution in [0.25, 0.3) is 0 Å². The fourth-order valence-corrected chi connectivity index (χ4v) is 5.13. The first-order valence-corrected chi connectivity index (χ1v) is 12.9. The molecule has 0 aromatic heterocycles. The van der Waals surface area contributed by atoms with Gasteiger partial charge in [0.25, 0.3) is 10.0 Å². The van der Waals surface area contributed by atoms with E-state index in [-0.39, 0.29) is 16.7 Å². The molecular weight excluding hydrogens is 446 g/mol. The van der Waals surface area contributed by atoms with E-state index >= 15 is 0 Å². The van der Waals surface area contributed by atoms with Gasteiger partial charge in [0.2, 0.25) is 5.91 Å². The van der Waals surface area contributed by atoms with Crippen LogP contribution in [0.1, 0.15) is 50.3 Å². The lowest BCUT2D eigenvalue weighted by atomic mass is 9.87. The highest BCUT2D eigenvalue weighted by atomic mass is 32.2. The zero-order valence-corrected chi connectivity index (χ0v) is 21.4. The molecule has 0 N–H and O–H groups in total. The van der Waals surface area contributed by atoms with Crippen LogP contribution in [-0.2, 0) is 20.2 Å². The Labute approximate surface area is 203 Å². The molecule has 0 radical (unpaired) electrons. The number of carbonyl (C=O) groups is 1. The van der Waals surface area contributed by atoms with E-state index in [1.54, 1.807) is 31.2 Å². The van der Waals surface area contributed by atoms with Crippen molar-refractivity contribution in [2.45, 2.75) is 57.8 Å². The predicted molar refractivity (Wildman–Crippen MR) is 137 cm³/mol. The van der Waals surface area contributed by atoms with Gasteiger partial charge < -0.3 is 4.74 Å². The Balaban J connectivity index is 1.75. The molecule has 5 nitrogen and oxygen atoms in total. The van der Waals surface area contributed by atoms with Crippen molar-refractivity contribution in [3.05, 3.63) is 89.5 Å². The van der Waals surface area contributed by atoms with Crippen LogP contribution in [-0.4, -0.2) is 20.9 Å². The van der Waals surface area contributed by atoms with Gasteiger partial charge in [-0.25, -0.2) is 12.7 Å². The fourth-order valence-electron chi connectivity index (χ4n) is 3.60. The molecule has 3 aromatic rings. The number of aryl methyl sites for hydroxylation is 2. The highest BCUT2D eigenvalue weighted by Gasteiger charge is 2.31. The van der Waals surface area contributed by atoms with Crippen molar-refractivity contribution in [1.29, 1.82) is 0 Å². The summed E-state index contributed by atoms with van der Waals surface area (Å²) < 4.78 is 33.7. The normalized spacial score (nSPS) is 11.8. The Kier molecular flexibility index (Phi) is 7.82. The Morgan fingerprint density at radius 3 is 2.18 bits per heavy atom. The lowest BCUT2D eigenvalue weighted by Gasteiger charge is -2.25. The van der Waals surface area contributed by atoms with Crippen molar-refractivity contribution < 1.29 is 17.9 Å². The standard InChI is InChI=1S/C28H33NO4S/c1-21-13-14-22(2)26(20-21)29(34(31,32)25-10-7-6-8-11-25)27(30)12-9-19-33-24-17-15-23(16-18-24)28(3,4)5/h6-8,10-11,13-18,20H,9,12,19H2,1-5H3. The molecule has 180 valence electrons. The van der Waals surface area contributed by atoms with E-state index in [9.17, 15) is 13.2 Å². The number of benzene rings is 3. The van der Waals surface area contributed by atoms with Crippen molar-refractivity contribution in [2.75, 3.05) is 10.9 Å². The third-order valence-corrected chi connectivity index (χ3v) is 7.36. The zero-order valence-electron chi connectivity index (χ0n) is 20.5. The monoisotopic (exact) mass is 479 g/mol. The van der Waals surface area contributed by atoms with E-state index in [1.165, 1.54) is 17.7 Å². The topological polar surface area (TPSA) is 63.7 Å². The minimum atomic E-state index is -4.06. The highest BCUT2D eigenvalue weighted by molar-refractivity contribution is 7.93. The van der Waals surface area contributed by atoms with E-state index < -0.39 is 15.9 Å². The van der Waals surface area contributed by atoms with Gasteiger partial charge in [0.1, 0.15) is 5.75 Å². The summed E-state index contributed by atoms with van der Waals surface area (Å²) >= 11 is 0. The van der Waals surface area contributed by atoms with Crippen LogP contribution in [0.5, 0.6) is 5.75 Å². The molecule has 34 heavy (non-hydrogen) atoms. The number of amides is 1. The van der Waals surface area contributed by atoms with E-state index in [0.29, 0.717) is 24.3 Å². The van der Waals surface area contributed by atoms with Crippen LogP contribution in [0, 0.1) is 13.8 Å². The third-order valence-electron chi connectivity index (χ3n) is 5.62. The number of sulfonamides is 1. The minimum absolute atomic E-state index is 0.0412. The number of anilines is 1. The van der Waals surface area contributed by atoms with Gasteiger partial charge in [0.15, 0.2) is 0 Å². The van der Waals surface area contributed by atoms with Crippen molar-refractivity contribution in [3.63, 3.8) is 0 Å². The van der Waals surface area contributed by atoms with Crippen molar-refractivity contribution in [1.82, 2.24) is 0 Å². The summed E-state index contributed by atoms with van der Waals surface area (Å²) in [6.45, 7) is 10.4. The molecule has 0 heterocycles. The number of hydrogen-bond donors (Lipinski definition) is 0. The van der Waals surface area contributed by atoms with Crippen LogP contribution < -0.4 is 9.04 Å². The SMILES string of the molecule is Cc1ccc(C)c(N(C(=O)CCCOc2ccc(C(C)(C)C)cc2)S(=O)(=O)c2ccccc2)c1. The number of hydrogen-bond acceptors (Lipinski definition) is 4. The molecule has 0 aliphatic carbocycles. The molecule has 3 rings (SSSR count). The molecule has 0 saturated heterocycles. The molecule has 3 aromatic carbocycles. The highest BCUT2D eigenvalue weighted by Crippen LogP contribution is 2.29. The summed E-state index contributed by atoms with van der Waals surface area (Å²) in [5.41, 5.74) is 3.25. The number of ether oxygens (including phenoxy) is 1. The summed E-state index contributed by atoms with van der Waals surface area (Å²) in [4.78, 5) is 13.4. The first-order valence-electron chi connectivity index (χ1n) is 11.4. The maximum atomic E-state index is 13.5. The Hall–Kier alpha value is -3.12. The summed E-state index contributed by atoms with van der Waals surface area (Å²) in [7, 11) is -4.06. The van der Waals surface area contributed by atoms with Gasteiger partial charge in [-0.05, 0) is 72.7 Å². The van der Waals surface area contributed by atoms with Crippen molar-refractivity contribution in [3.8, 4) is 5.75 Å². The maximum Gasteiger partial charge on any atom is 0.270 e. The molecule has 0 aliphatic rings. The van der Waals surface area contributed by atoms with Gasteiger partial charge in [-0.15, -0.1) is 0 Å². The van der Waals surface area contributed by atoms with Crippen molar-refractivity contribution in [2.24, 2.45) is 0 Å². The molecule has 0 saturated carbocycles. The van der Waals surface area contributed by atoms with Gasteiger partial charge in [-0.3, -0.25) is 4.79 Å². The molecule has 0 bridgehead atoms. The second-order valence-electron chi connectivity index (χ2n) is 9.49. The fraction of sp³-hybridized carbons (Fsp3) is 0.321. The second kappa shape index (κ2) is 10.4. The van der Waals surface area contributed by atoms with E-state index in [2.05, 4.69) is 20.8 Å². The molecule has 6 heteroatoms. The van der Waals surface area contributed by atoms with Crippen LogP contribution in [0.4, 0.5) is 5.69 Å². The zero-order chi connectivity index (χ0) is 24.9. The van der Waals surface area contributed by atoms with Crippen molar-refractivity contribution >= 4 is 21.6 Å². The Morgan fingerprint density at radius 2 is 1.56 bits per heavy atom. The lowest BCUT2D eigenvalue weighted by molar-refractivity contribution is -0.117. The van der Waals surface area contributed by atoms with Crippen LogP contribution >= 0.6 is 0 Å². The average Bonchev–Trinajstić information content (AvgIpc) is 2.79. The maximum absolute atomic E-state index is 13.5. The minimum Gasteiger partial charge on any atom is -0.494 e. The Morgan fingerprint density at radius 1 is 0.912 bits per heavy atom. The van der Waals surface area contributed by atoms with Crippen LogP contribution in [0.3, 0.4) is 0 Å².